The molecule has 0 aliphatic heterocycles. The molecule has 1 unspecified atom stereocenters. The van der Waals surface area contributed by atoms with Crippen LogP contribution in [-0.2, 0) is 10.3 Å². The number of aromatic nitrogens is 1. The maximum atomic E-state index is 12.5. The number of nitrogens with zero attached hydrogens (tertiary/aromatic N) is 1. The van der Waals surface area contributed by atoms with Crippen molar-refractivity contribution >= 4 is 5.91 Å². The lowest BCUT2D eigenvalue weighted by Crippen LogP contribution is -2.38. The first kappa shape index (κ1) is 10.6. The zero-order valence-electron chi connectivity index (χ0n) is 7.83. The molecule has 0 spiro atoms. The van der Waals surface area contributed by atoms with Gasteiger partial charge in [-0.2, -0.15) is 0 Å². The van der Waals surface area contributed by atoms with Crippen LogP contribution in [0.2, 0.25) is 0 Å². The highest BCUT2D eigenvalue weighted by Gasteiger charge is 2.24. The van der Waals surface area contributed by atoms with Crippen LogP contribution >= 0.6 is 0 Å². The van der Waals surface area contributed by atoms with E-state index in [4.69, 9.17) is 11.5 Å². The summed E-state index contributed by atoms with van der Waals surface area (Å²) >= 11 is 0. The molecule has 0 aliphatic carbocycles. The second-order valence-corrected chi connectivity index (χ2v) is 3.42. The number of nitrogens with two attached hydrogens (primary N) is 2. The van der Waals surface area contributed by atoms with Gasteiger partial charge < -0.3 is 11.5 Å². The average Bonchev–Trinajstić information content (AvgIpc) is 2.02. The highest BCUT2D eigenvalue weighted by atomic mass is 19.1. The first-order valence-corrected chi connectivity index (χ1v) is 4.11. The zero-order chi connectivity index (χ0) is 10.8. The molecule has 14 heavy (non-hydrogen) atoms. The average molecular weight is 197 g/mol. The first-order chi connectivity index (χ1) is 6.42. The third kappa shape index (κ3) is 2.50. The third-order valence-corrected chi connectivity index (χ3v) is 1.85. The summed E-state index contributed by atoms with van der Waals surface area (Å²) in [6.45, 7) is 1.62. The summed E-state index contributed by atoms with van der Waals surface area (Å²) < 4.78 is 12.5. The van der Waals surface area contributed by atoms with Crippen molar-refractivity contribution in [1.82, 2.24) is 4.98 Å². The Balaban J connectivity index is 2.91. The lowest BCUT2D eigenvalue weighted by molar-refractivity contribution is -0.119. The molecule has 4 nitrogen and oxygen atoms in total. The Morgan fingerprint density at radius 3 is 2.71 bits per heavy atom. The maximum absolute atomic E-state index is 12.5. The van der Waals surface area contributed by atoms with Crippen molar-refractivity contribution in [2.75, 3.05) is 0 Å². The summed E-state index contributed by atoms with van der Waals surface area (Å²) in [6.07, 6.45) is 1.03. The number of rotatable bonds is 3. The highest BCUT2D eigenvalue weighted by Crippen LogP contribution is 2.18. The van der Waals surface area contributed by atoms with Crippen LogP contribution in [0.4, 0.5) is 4.39 Å². The predicted octanol–water partition coefficient (Wildman–Crippen LogP) is 0.270. The van der Waals surface area contributed by atoms with Gasteiger partial charge in [0.25, 0.3) is 0 Å². The second-order valence-electron chi connectivity index (χ2n) is 3.42. The number of carbonyl (C=O) groups is 1. The van der Waals surface area contributed by atoms with Gasteiger partial charge in [-0.1, -0.05) is 0 Å². The van der Waals surface area contributed by atoms with E-state index in [1.807, 2.05) is 0 Å². The predicted molar refractivity (Wildman–Crippen MR) is 49.5 cm³/mol. The molecule has 1 amide bonds. The SMILES string of the molecule is CC(N)(CC(N)=O)c1ccc(F)cn1. The van der Waals surface area contributed by atoms with E-state index in [2.05, 4.69) is 4.98 Å². The van der Waals surface area contributed by atoms with Gasteiger partial charge >= 0.3 is 0 Å². The molecule has 1 atom stereocenters. The van der Waals surface area contributed by atoms with Crippen LogP contribution in [0.15, 0.2) is 18.3 Å². The topological polar surface area (TPSA) is 82.0 Å². The van der Waals surface area contributed by atoms with Crippen molar-refractivity contribution in [2.45, 2.75) is 18.9 Å². The molecule has 0 bridgehead atoms. The van der Waals surface area contributed by atoms with Crippen molar-refractivity contribution in [3.63, 3.8) is 0 Å². The van der Waals surface area contributed by atoms with Gasteiger partial charge in [0.1, 0.15) is 5.82 Å². The van der Waals surface area contributed by atoms with E-state index >= 15 is 0 Å². The Labute approximate surface area is 81.1 Å². The first-order valence-electron chi connectivity index (χ1n) is 4.11. The number of carbonyl (C=O) groups excluding carboxylic acids is 1. The van der Waals surface area contributed by atoms with Crippen LogP contribution in [0, 0.1) is 5.82 Å². The van der Waals surface area contributed by atoms with E-state index in [1.165, 1.54) is 12.1 Å². The van der Waals surface area contributed by atoms with E-state index in [-0.39, 0.29) is 6.42 Å². The van der Waals surface area contributed by atoms with Crippen LogP contribution in [0.3, 0.4) is 0 Å². The molecule has 0 radical (unpaired) electrons. The molecular weight excluding hydrogens is 185 g/mol. The number of primary amides is 1. The van der Waals surface area contributed by atoms with E-state index in [9.17, 15) is 9.18 Å². The Kier molecular flexibility index (Phi) is 2.81. The summed E-state index contributed by atoms with van der Waals surface area (Å²) in [5, 5.41) is 0. The standard InChI is InChI=1S/C9H12FN3O/c1-9(12,4-8(11)14)7-3-2-6(10)5-13-7/h2-3,5H,4,12H2,1H3,(H2,11,14). The largest absolute Gasteiger partial charge is 0.370 e. The minimum atomic E-state index is -0.945. The lowest BCUT2D eigenvalue weighted by Gasteiger charge is -2.21. The van der Waals surface area contributed by atoms with Crippen LogP contribution in [0.25, 0.3) is 0 Å². The zero-order valence-corrected chi connectivity index (χ0v) is 7.83. The molecule has 0 aliphatic rings. The molecule has 1 heterocycles. The van der Waals surface area contributed by atoms with E-state index in [0.717, 1.165) is 6.20 Å². The monoisotopic (exact) mass is 197 g/mol. The number of halogens is 1. The van der Waals surface area contributed by atoms with E-state index < -0.39 is 17.3 Å². The Bertz CT molecular complexity index is 334. The molecule has 0 saturated heterocycles. The number of hydrogen-bond donors (Lipinski definition) is 2. The summed E-state index contributed by atoms with van der Waals surface area (Å²) in [5.74, 6) is -0.954. The van der Waals surface area contributed by atoms with Gasteiger partial charge in [0.2, 0.25) is 5.91 Å². The van der Waals surface area contributed by atoms with Crippen molar-refractivity contribution in [1.29, 1.82) is 0 Å². The summed E-state index contributed by atoms with van der Waals surface area (Å²) in [4.78, 5) is 14.5. The van der Waals surface area contributed by atoms with Crippen LogP contribution in [0.1, 0.15) is 19.0 Å². The molecule has 1 aromatic rings. The number of pyridine rings is 1. The fourth-order valence-corrected chi connectivity index (χ4v) is 1.17. The number of hydrogen-bond acceptors (Lipinski definition) is 3. The van der Waals surface area contributed by atoms with Gasteiger partial charge in [-0.3, -0.25) is 9.78 Å². The van der Waals surface area contributed by atoms with E-state index in [0.29, 0.717) is 5.69 Å². The summed E-state index contributed by atoms with van der Waals surface area (Å²) in [7, 11) is 0. The molecule has 0 saturated carbocycles. The van der Waals surface area contributed by atoms with Gasteiger partial charge in [-0.05, 0) is 19.1 Å². The van der Waals surface area contributed by atoms with Crippen molar-refractivity contribution in [2.24, 2.45) is 11.5 Å². The Morgan fingerprint density at radius 2 is 2.29 bits per heavy atom. The normalized spacial score (nSPS) is 14.8. The lowest BCUT2D eigenvalue weighted by atomic mass is 9.94. The minimum absolute atomic E-state index is 0.0222. The highest BCUT2D eigenvalue weighted by molar-refractivity contribution is 5.75. The molecule has 5 heteroatoms. The molecule has 4 N–H and O–H groups in total. The quantitative estimate of drug-likeness (QED) is 0.729. The third-order valence-electron chi connectivity index (χ3n) is 1.85. The summed E-state index contributed by atoms with van der Waals surface area (Å²) in [6, 6.07) is 2.69. The van der Waals surface area contributed by atoms with Gasteiger partial charge in [-0.15, -0.1) is 0 Å². The molecule has 0 fully saturated rings. The smallest absolute Gasteiger partial charge is 0.219 e. The van der Waals surface area contributed by atoms with Gasteiger partial charge in [0, 0.05) is 6.42 Å². The molecule has 1 aromatic heterocycles. The maximum Gasteiger partial charge on any atom is 0.219 e. The molecule has 1 rings (SSSR count). The second kappa shape index (κ2) is 3.71. The van der Waals surface area contributed by atoms with Gasteiger partial charge in [0.05, 0.1) is 17.4 Å². The minimum Gasteiger partial charge on any atom is -0.370 e. The molecular formula is C9H12FN3O. The van der Waals surface area contributed by atoms with Crippen molar-refractivity contribution in [3.05, 3.63) is 29.8 Å². The van der Waals surface area contributed by atoms with Gasteiger partial charge in [-0.25, -0.2) is 4.39 Å². The van der Waals surface area contributed by atoms with Gasteiger partial charge in [0.15, 0.2) is 0 Å². The van der Waals surface area contributed by atoms with Crippen LogP contribution < -0.4 is 11.5 Å². The fraction of sp³-hybridized carbons (Fsp3) is 0.333. The molecule has 0 aromatic carbocycles. The van der Waals surface area contributed by atoms with E-state index in [1.54, 1.807) is 6.92 Å². The van der Waals surface area contributed by atoms with Crippen LogP contribution in [0.5, 0.6) is 0 Å². The van der Waals surface area contributed by atoms with Crippen LogP contribution in [-0.4, -0.2) is 10.9 Å². The van der Waals surface area contributed by atoms with Crippen molar-refractivity contribution in [3.8, 4) is 0 Å². The Hall–Kier alpha value is -1.49. The fourth-order valence-electron chi connectivity index (χ4n) is 1.17. The Morgan fingerprint density at radius 1 is 1.64 bits per heavy atom. The molecule has 76 valence electrons. The van der Waals surface area contributed by atoms with Crippen molar-refractivity contribution < 1.29 is 9.18 Å². The summed E-state index contributed by atoms with van der Waals surface area (Å²) in [5.41, 5.74) is 10.3. The number of amides is 1.